The van der Waals surface area contributed by atoms with Crippen molar-refractivity contribution in [2.24, 2.45) is 5.92 Å². The van der Waals surface area contributed by atoms with Crippen molar-refractivity contribution in [2.75, 3.05) is 26.2 Å². The molecule has 2 nitrogen and oxygen atoms in total. The highest BCUT2D eigenvalue weighted by Crippen LogP contribution is 2.09. The Morgan fingerprint density at radius 1 is 1.05 bits per heavy atom. The Balaban J connectivity index is 2.04. The molecule has 1 aromatic rings. The van der Waals surface area contributed by atoms with Gasteiger partial charge in [0.25, 0.3) is 0 Å². The molecule has 0 aromatic heterocycles. The Hall–Kier alpha value is -1.00. The molecule has 0 spiro atoms. The van der Waals surface area contributed by atoms with Crippen LogP contribution < -0.4 is 10.6 Å². The van der Waals surface area contributed by atoms with Crippen molar-refractivity contribution >= 4 is 0 Å². The lowest BCUT2D eigenvalue weighted by atomic mass is 10.1. The summed E-state index contributed by atoms with van der Waals surface area (Å²) in [6.45, 7) is 8.03. The van der Waals surface area contributed by atoms with E-state index in [0.29, 0.717) is 24.4 Å². The molecular formula is C15H24F2N2. The van der Waals surface area contributed by atoms with Gasteiger partial charge in [-0.05, 0) is 56.6 Å². The summed E-state index contributed by atoms with van der Waals surface area (Å²) in [5, 5.41) is 6.63. The molecule has 0 heterocycles. The van der Waals surface area contributed by atoms with Crippen LogP contribution in [0.1, 0.15) is 25.8 Å². The van der Waals surface area contributed by atoms with Gasteiger partial charge in [-0.15, -0.1) is 0 Å². The van der Waals surface area contributed by atoms with Crippen LogP contribution in [-0.2, 0) is 6.42 Å². The predicted octanol–water partition coefficient (Wildman–Crippen LogP) is 2.73. The summed E-state index contributed by atoms with van der Waals surface area (Å²) in [5.41, 5.74) is 0.562. The molecule has 1 rings (SSSR count). The van der Waals surface area contributed by atoms with Crippen molar-refractivity contribution in [1.29, 1.82) is 0 Å². The molecule has 0 fully saturated rings. The smallest absolute Gasteiger partial charge is 0.129 e. The van der Waals surface area contributed by atoms with Gasteiger partial charge in [-0.25, -0.2) is 8.78 Å². The molecule has 2 N–H and O–H groups in total. The van der Waals surface area contributed by atoms with E-state index in [9.17, 15) is 8.78 Å². The lowest BCUT2D eigenvalue weighted by Crippen LogP contribution is -2.25. The molecular weight excluding hydrogens is 246 g/mol. The molecule has 0 unspecified atom stereocenters. The zero-order valence-corrected chi connectivity index (χ0v) is 11.8. The number of benzene rings is 1. The minimum atomic E-state index is -0.523. The van der Waals surface area contributed by atoms with Gasteiger partial charge in [0.15, 0.2) is 0 Å². The zero-order valence-electron chi connectivity index (χ0n) is 11.8. The van der Waals surface area contributed by atoms with Crippen LogP contribution in [0.5, 0.6) is 0 Å². The molecule has 0 amide bonds. The fourth-order valence-corrected chi connectivity index (χ4v) is 1.80. The van der Waals surface area contributed by atoms with Crippen molar-refractivity contribution in [3.8, 4) is 0 Å². The van der Waals surface area contributed by atoms with Crippen LogP contribution in [0.25, 0.3) is 0 Å². The average Bonchev–Trinajstić information content (AvgIpc) is 2.34. The van der Waals surface area contributed by atoms with Crippen molar-refractivity contribution < 1.29 is 8.78 Å². The second kappa shape index (κ2) is 8.99. The van der Waals surface area contributed by atoms with E-state index in [1.807, 2.05) is 0 Å². The Kier molecular flexibility index (Phi) is 7.60. The average molecular weight is 270 g/mol. The molecule has 0 aliphatic rings. The molecule has 0 saturated carbocycles. The van der Waals surface area contributed by atoms with E-state index in [-0.39, 0.29) is 0 Å². The normalized spacial score (nSPS) is 11.2. The Bertz CT molecular complexity index is 367. The first-order valence-corrected chi connectivity index (χ1v) is 6.95. The Labute approximate surface area is 114 Å². The maximum atomic E-state index is 13.3. The first-order chi connectivity index (χ1) is 9.09. The van der Waals surface area contributed by atoms with Gasteiger partial charge in [-0.3, -0.25) is 0 Å². The van der Waals surface area contributed by atoms with Gasteiger partial charge >= 0.3 is 0 Å². The van der Waals surface area contributed by atoms with Crippen LogP contribution in [0.15, 0.2) is 18.2 Å². The Morgan fingerprint density at radius 3 is 2.47 bits per heavy atom. The molecule has 0 aliphatic carbocycles. The van der Waals surface area contributed by atoms with E-state index in [1.165, 1.54) is 12.1 Å². The van der Waals surface area contributed by atoms with Crippen LogP contribution in [0.3, 0.4) is 0 Å². The van der Waals surface area contributed by atoms with Gasteiger partial charge < -0.3 is 10.6 Å². The molecule has 0 aliphatic heterocycles. The molecule has 4 heteroatoms. The highest BCUT2D eigenvalue weighted by atomic mass is 19.1. The summed E-state index contributed by atoms with van der Waals surface area (Å²) in [4.78, 5) is 0. The molecule has 19 heavy (non-hydrogen) atoms. The topological polar surface area (TPSA) is 24.1 Å². The van der Waals surface area contributed by atoms with Crippen molar-refractivity contribution in [3.05, 3.63) is 35.4 Å². The lowest BCUT2D eigenvalue weighted by molar-refractivity contribution is 0.528. The summed E-state index contributed by atoms with van der Waals surface area (Å²) in [6, 6.07) is 3.75. The van der Waals surface area contributed by atoms with Crippen molar-refractivity contribution in [1.82, 2.24) is 10.6 Å². The third kappa shape index (κ3) is 7.23. The maximum absolute atomic E-state index is 13.3. The van der Waals surface area contributed by atoms with Crippen molar-refractivity contribution in [3.63, 3.8) is 0 Å². The van der Waals surface area contributed by atoms with E-state index in [1.54, 1.807) is 0 Å². The number of hydrogen-bond donors (Lipinski definition) is 2. The highest BCUT2D eigenvalue weighted by Gasteiger charge is 2.02. The first-order valence-electron chi connectivity index (χ1n) is 6.95. The molecule has 108 valence electrons. The van der Waals surface area contributed by atoms with E-state index in [2.05, 4.69) is 24.5 Å². The summed E-state index contributed by atoms with van der Waals surface area (Å²) < 4.78 is 26.0. The van der Waals surface area contributed by atoms with Gasteiger partial charge in [-0.1, -0.05) is 19.9 Å². The van der Waals surface area contributed by atoms with E-state index in [4.69, 9.17) is 0 Å². The number of nitrogens with one attached hydrogen (secondary N) is 2. The molecule has 0 radical (unpaired) electrons. The molecule has 0 atom stereocenters. The van der Waals surface area contributed by atoms with Gasteiger partial charge in [0, 0.05) is 6.07 Å². The fourth-order valence-electron chi connectivity index (χ4n) is 1.80. The van der Waals surface area contributed by atoms with Crippen LogP contribution in [0.2, 0.25) is 0 Å². The third-order valence-corrected chi connectivity index (χ3v) is 2.85. The van der Waals surface area contributed by atoms with Gasteiger partial charge in [0.2, 0.25) is 0 Å². The van der Waals surface area contributed by atoms with E-state index >= 15 is 0 Å². The second-order valence-electron chi connectivity index (χ2n) is 5.19. The third-order valence-electron chi connectivity index (χ3n) is 2.85. The quantitative estimate of drug-likeness (QED) is 0.674. The summed E-state index contributed by atoms with van der Waals surface area (Å²) in [7, 11) is 0. The maximum Gasteiger partial charge on any atom is 0.129 e. The first kappa shape index (κ1) is 16.1. The predicted molar refractivity (Wildman–Crippen MR) is 75.3 cm³/mol. The van der Waals surface area contributed by atoms with Gasteiger partial charge in [-0.2, -0.15) is 0 Å². The fraction of sp³-hybridized carbons (Fsp3) is 0.600. The second-order valence-corrected chi connectivity index (χ2v) is 5.19. The van der Waals surface area contributed by atoms with Crippen LogP contribution in [0.4, 0.5) is 8.78 Å². The largest absolute Gasteiger partial charge is 0.316 e. The number of rotatable bonds is 9. The molecule has 1 aromatic carbocycles. The number of hydrogen-bond acceptors (Lipinski definition) is 2. The molecule has 0 saturated heterocycles. The Morgan fingerprint density at radius 2 is 1.79 bits per heavy atom. The summed E-state index contributed by atoms with van der Waals surface area (Å²) in [5.74, 6) is -0.305. The summed E-state index contributed by atoms with van der Waals surface area (Å²) >= 11 is 0. The van der Waals surface area contributed by atoms with Crippen LogP contribution in [0, 0.1) is 17.6 Å². The van der Waals surface area contributed by atoms with Gasteiger partial charge in [0.1, 0.15) is 11.6 Å². The zero-order chi connectivity index (χ0) is 14.1. The van der Waals surface area contributed by atoms with Gasteiger partial charge in [0.05, 0.1) is 0 Å². The highest BCUT2D eigenvalue weighted by molar-refractivity contribution is 5.18. The van der Waals surface area contributed by atoms with E-state index < -0.39 is 11.6 Å². The SMILES string of the molecule is CC(C)CNCCCNCCc1ccc(F)cc1F. The van der Waals surface area contributed by atoms with E-state index in [0.717, 1.165) is 32.1 Å². The standard InChI is InChI=1S/C15H24F2N2/c1-12(2)11-19-8-3-7-18-9-6-13-4-5-14(16)10-15(13)17/h4-5,10,12,18-19H,3,6-9,11H2,1-2H3. The minimum absolute atomic E-state index is 0.458. The minimum Gasteiger partial charge on any atom is -0.316 e. The molecule has 0 bridgehead atoms. The van der Waals surface area contributed by atoms with Crippen LogP contribution in [-0.4, -0.2) is 26.2 Å². The number of halogens is 2. The van der Waals surface area contributed by atoms with Crippen LogP contribution >= 0.6 is 0 Å². The monoisotopic (exact) mass is 270 g/mol. The lowest BCUT2D eigenvalue weighted by Gasteiger charge is -2.08. The van der Waals surface area contributed by atoms with Crippen molar-refractivity contribution in [2.45, 2.75) is 26.7 Å². The summed E-state index contributed by atoms with van der Waals surface area (Å²) in [6.07, 6.45) is 1.64.